The first kappa shape index (κ1) is 28.8. The number of benzene rings is 2. The fourth-order valence-corrected chi connectivity index (χ4v) is 5.08. The largest absolute Gasteiger partial charge is 0.466 e. The standard InChI is InChI=1S/C28H29F3N4O5/c1-17-24(27(38)40-2)25(20-5-8-22(30)23(31)15-20)35(28(39)32-17)34(16-36)14-13-33-11-9-19(10-12-33)26(37)18-3-6-21(29)7-4-18/h3-8,15-16,19,25H,9-14H2,1-2H3,(H,32,39). The van der Waals surface area contributed by atoms with Crippen LogP contribution in [0.3, 0.4) is 0 Å². The molecule has 2 aromatic carbocycles. The van der Waals surface area contributed by atoms with Crippen molar-refractivity contribution in [1.29, 1.82) is 0 Å². The summed E-state index contributed by atoms with van der Waals surface area (Å²) in [5.74, 6) is -3.78. The summed E-state index contributed by atoms with van der Waals surface area (Å²) in [7, 11) is 1.15. The van der Waals surface area contributed by atoms with E-state index in [-0.39, 0.29) is 35.1 Å². The summed E-state index contributed by atoms with van der Waals surface area (Å²) in [5.41, 5.74) is 0.637. The van der Waals surface area contributed by atoms with Gasteiger partial charge >= 0.3 is 12.0 Å². The third-order valence-corrected chi connectivity index (χ3v) is 7.22. The lowest BCUT2D eigenvalue weighted by Crippen LogP contribution is -2.57. The molecule has 0 aliphatic carbocycles. The quantitative estimate of drug-likeness (QED) is 0.287. The first-order valence-corrected chi connectivity index (χ1v) is 12.7. The lowest BCUT2D eigenvalue weighted by atomic mass is 9.89. The molecule has 212 valence electrons. The Balaban J connectivity index is 1.49. The van der Waals surface area contributed by atoms with Crippen LogP contribution in [0.1, 0.15) is 41.7 Å². The molecule has 0 bridgehead atoms. The van der Waals surface area contributed by atoms with Gasteiger partial charge in [0.1, 0.15) is 11.9 Å². The number of likely N-dealkylation sites (tertiary alicyclic amines) is 1. The monoisotopic (exact) mass is 558 g/mol. The molecule has 2 heterocycles. The van der Waals surface area contributed by atoms with Crippen molar-refractivity contribution in [1.82, 2.24) is 20.2 Å². The lowest BCUT2D eigenvalue weighted by Gasteiger charge is -2.42. The van der Waals surface area contributed by atoms with Gasteiger partial charge in [-0.25, -0.2) is 27.8 Å². The number of urea groups is 1. The van der Waals surface area contributed by atoms with Crippen molar-refractivity contribution in [3.05, 3.63) is 82.3 Å². The van der Waals surface area contributed by atoms with Gasteiger partial charge in [0.15, 0.2) is 17.4 Å². The highest BCUT2D eigenvalue weighted by molar-refractivity contribution is 5.98. The van der Waals surface area contributed by atoms with Crippen molar-refractivity contribution in [3.8, 4) is 0 Å². The number of esters is 1. The average Bonchev–Trinajstić information content (AvgIpc) is 2.95. The predicted octanol–water partition coefficient (Wildman–Crippen LogP) is 3.59. The van der Waals surface area contributed by atoms with Crippen molar-refractivity contribution in [3.63, 3.8) is 0 Å². The maximum atomic E-state index is 14.2. The smallest absolute Gasteiger partial charge is 0.341 e. The van der Waals surface area contributed by atoms with E-state index < -0.39 is 35.5 Å². The van der Waals surface area contributed by atoms with Gasteiger partial charge in [0, 0.05) is 23.7 Å². The van der Waals surface area contributed by atoms with E-state index in [0.717, 1.165) is 29.3 Å². The molecule has 1 fully saturated rings. The molecule has 12 heteroatoms. The van der Waals surface area contributed by atoms with E-state index >= 15 is 0 Å². The number of piperidine rings is 1. The third kappa shape index (κ3) is 6.01. The molecule has 0 radical (unpaired) electrons. The Bertz CT molecular complexity index is 1330. The van der Waals surface area contributed by atoms with E-state index in [1.807, 2.05) is 4.90 Å². The molecule has 1 N–H and O–H groups in total. The molecule has 1 unspecified atom stereocenters. The maximum absolute atomic E-state index is 14.2. The van der Waals surface area contributed by atoms with Crippen molar-refractivity contribution < 1.29 is 37.1 Å². The number of halogens is 3. The number of hydrogen-bond donors (Lipinski definition) is 1. The summed E-state index contributed by atoms with van der Waals surface area (Å²) < 4.78 is 46.0. The second kappa shape index (κ2) is 12.3. The highest BCUT2D eigenvalue weighted by Crippen LogP contribution is 2.35. The molecule has 9 nitrogen and oxygen atoms in total. The van der Waals surface area contributed by atoms with Crippen LogP contribution in [0.25, 0.3) is 0 Å². The molecule has 0 saturated carbocycles. The Morgan fingerprint density at radius 1 is 1.07 bits per heavy atom. The number of Topliss-reactive ketones (excluding diaryl/α,β-unsaturated/α-hetero) is 1. The number of ketones is 1. The Kier molecular flexibility index (Phi) is 8.88. The molecule has 4 rings (SSSR count). The summed E-state index contributed by atoms with van der Waals surface area (Å²) in [6.07, 6.45) is 1.55. The molecular formula is C28H29F3N4O5. The Hall–Kier alpha value is -4.19. The first-order valence-electron chi connectivity index (χ1n) is 12.7. The highest BCUT2D eigenvalue weighted by Gasteiger charge is 2.42. The fraction of sp³-hybridized carbons (Fsp3) is 0.357. The summed E-state index contributed by atoms with van der Waals surface area (Å²) in [6.45, 7) is 2.93. The van der Waals surface area contributed by atoms with E-state index in [1.165, 1.54) is 37.3 Å². The number of amides is 3. The molecule has 2 aromatic rings. The van der Waals surface area contributed by atoms with E-state index in [4.69, 9.17) is 4.74 Å². The van der Waals surface area contributed by atoms with Gasteiger partial charge in [0.2, 0.25) is 6.41 Å². The Labute approximate surface area is 229 Å². The first-order chi connectivity index (χ1) is 19.1. The Morgan fingerprint density at radius 3 is 2.35 bits per heavy atom. The number of carbonyl (C=O) groups excluding carboxylic acids is 4. The fourth-order valence-electron chi connectivity index (χ4n) is 5.08. The summed E-state index contributed by atoms with van der Waals surface area (Å²) in [5, 5.41) is 4.60. The topological polar surface area (TPSA) is 99.3 Å². The SMILES string of the molecule is COC(=O)C1=C(C)NC(=O)N(N(C=O)CCN2CCC(C(=O)c3ccc(F)cc3)CC2)C1c1ccc(F)c(F)c1. The van der Waals surface area contributed by atoms with Gasteiger partial charge in [-0.1, -0.05) is 6.07 Å². The van der Waals surface area contributed by atoms with E-state index in [9.17, 15) is 32.3 Å². The van der Waals surface area contributed by atoms with Crippen LogP contribution in [0.5, 0.6) is 0 Å². The molecule has 40 heavy (non-hydrogen) atoms. The van der Waals surface area contributed by atoms with Crippen LogP contribution in [0, 0.1) is 23.4 Å². The van der Waals surface area contributed by atoms with Crippen LogP contribution in [0.2, 0.25) is 0 Å². The number of hydrazine groups is 1. The normalized spacial score (nSPS) is 18.4. The number of nitrogens with zero attached hydrogens (tertiary/aromatic N) is 3. The van der Waals surface area contributed by atoms with Crippen LogP contribution < -0.4 is 5.32 Å². The second-order valence-corrected chi connectivity index (χ2v) is 9.64. The number of carbonyl (C=O) groups is 4. The highest BCUT2D eigenvalue weighted by atomic mass is 19.2. The lowest BCUT2D eigenvalue weighted by molar-refractivity contribution is -0.141. The molecule has 2 aliphatic heterocycles. The van der Waals surface area contributed by atoms with Gasteiger partial charge in [0.05, 0.1) is 19.2 Å². The number of ether oxygens (including phenoxy) is 1. The molecule has 1 atom stereocenters. The number of nitrogens with one attached hydrogen (secondary N) is 1. The van der Waals surface area contributed by atoms with Crippen molar-refractivity contribution >= 4 is 24.2 Å². The minimum atomic E-state index is -1.26. The number of methoxy groups -OCH3 is 1. The molecule has 1 saturated heterocycles. The van der Waals surface area contributed by atoms with Crippen LogP contribution in [-0.4, -0.2) is 72.4 Å². The molecule has 3 amide bonds. The van der Waals surface area contributed by atoms with Crippen LogP contribution >= 0.6 is 0 Å². The van der Waals surface area contributed by atoms with Gasteiger partial charge < -0.3 is 15.0 Å². The second-order valence-electron chi connectivity index (χ2n) is 9.64. The Morgan fingerprint density at radius 2 is 1.75 bits per heavy atom. The van der Waals surface area contributed by atoms with E-state index in [0.29, 0.717) is 44.4 Å². The van der Waals surface area contributed by atoms with Crippen LogP contribution in [0.15, 0.2) is 53.7 Å². The minimum Gasteiger partial charge on any atom is -0.466 e. The van der Waals surface area contributed by atoms with Gasteiger partial charge in [-0.3, -0.25) is 14.6 Å². The summed E-state index contributed by atoms with van der Waals surface area (Å²) in [6, 6.07) is 6.42. The number of hydrogen-bond acceptors (Lipinski definition) is 6. The van der Waals surface area contributed by atoms with E-state index in [1.54, 1.807) is 0 Å². The molecule has 0 aromatic heterocycles. The summed E-state index contributed by atoms with van der Waals surface area (Å²) in [4.78, 5) is 52.8. The van der Waals surface area contributed by atoms with Crippen LogP contribution in [0.4, 0.5) is 18.0 Å². The number of allylic oxidation sites excluding steroid dienone is 1. The van der Waals surface area contributed by atoms with Crippen molar-refractivity contribution in [2.24, 2.45) is 5.92 Å². The summed E-state index contributed by atoms with van der Waals surface area (Å²) >= 11 is 0. The zero-order valence-electron chi connectivity index (χ0n) is 22.0. The maximum Gasteiger partial charge on any atom is 0.341 e. The van der Waals surface area contributed by atoms with Crippen molar-refractivity contribution in [2.45, 2.75) is 25.8 Å². The predicted molar refractivity (Wildman–Crippen MR) is 137 cm³/mol. The zero-order chi connectivity index (χ0) is 29.0. The third-order valence-electron chi connectivity index (χ3n) is 7.22. The minimum absolute atomic E-state index is 0.0289. The van der Waals surface area contributed by atoms with Gasteiger partial charge in [0.25, 0.3) is 0 Å². The molecule has 0 spiro atoms. The number of rotatable bonds is 9. The van der Waals surface area contributed by atoms with E-state index in [2.05, 4.69) is 5.32 Å². The van der Waals surface area contributed by atoms with Gasteiger partial charge in [-0.05, 0) is 74.8 Å². The molecular weight excluding hydrogens is 529 g/mol. The van der Waals surface area contributed by atoms with Crippen molar-refractivity contribution in [2.75, 3.05) is 33.3 Å². The van der Waals surface area contributed by atoms with Gasteiger partial charge in [-0.15, -0.1) is 0 Å². The molecule has 2 aliphatic rings. The average molecular weight is 559 g/mol. The van der Waals surface area contributed by atoms with Gasteiger partial charge in [-0.2, -0.15) is 0 Å². The zero-order valence-corrected chi connectivity index (χ0v) is 22.0. The van der Waals surface area contributed by atoms with Crippen LogP contribution in [-0.2, 0) is 14.3 Å².